The van der Waals surface area contributed by atoms with Crippen LogP contribution >= 0.6 is 11.8 Å². The number of rotatable bonds is 9. The number of anilines is 1. The van der Waals surface area contributed by atoms with Crippen LogP contribution in [0.15, 0.2) is 53.1 Å². The van der Waals surface area contributed by atoms with Gasteiger partial charge in [-0.15, -0.1) is 0 Å². The minimum absolute atomic E-state index is 0.0180. The van der Waals surface area contributed by atoms with E-state index in [1.54, 1.807) is 32.0 Å². The van der Waals surface area contributed by atoms with Gasteiger partial charge in [-0.1, -0.05) is 42.1 Å². The molecular weight excluding hydrogens is 445 g/mol. The summed E-state index contributed by atoms with van der Waals surface area (Å²) in [5.41, 5.74) is 6.13. The summed E-state index contributed by atoms with van der Waals surface area (Å²) in [5.74, 6) is 0.0871. The summed E-state index contributed by atoms with van der Waals surface area (Å²) in [6.45, 7) is 3.96. The summed E-state index contributed by atoms with van der Waals surface area (Å²) in [7, 11) is 0. The molecule has 0 aliphatic carbocycles. The molecule has 1 atom stereocenters. The van der Waals surface area contributed by atoms with E-state index in [9.17, 15) is 14.3 Å². The van der Waals surface area contributed by atoms with Crippen LogP contribution in [0, 0.1) is 0 Å². The van der Waals surface area contributed by atoms with Crippen molar-refractivity contribution in [2.24, 2.45) is 5.73 Å². The van der Waals surface area contributed by atoms with Gasteiger partial charge < -0.3 is 25.6 Å². The van der Waals surface area contributed by atoms with Crippen molar-refractivity contribution in [2.75, 3.05) is 25.1 Å². The van der Waals surface area contributed by atoms with Gasteiger partial charge in [-0.25, -0.2) is 9.37 Å². The Hall–Kier alpha value is -2.46. The first-order chi connectivity index (χ1) is 15.6. The molecule has 0 bridgehead atoms. The number of halogens is 1. The van der Waals surface area contributed by atoms with Gasteiger partial charge in [0.2, 0.25) is 5.91 Å². The molecule has 9 heteroatoms. The van der Waals surface area contributed by atoms with Gasteiger partial charge in [0.15, 0.2) is 5.67 Å². The first-order valence-corrected chi connectivity index (χ1v) is 11.6. The van der Waals surface area contributed by atoms with Gasteiger partial charge in [-0.05, 0) is 43.5 Å². The third-order valence-electron chi connectivity index (χ3n) is 5.44. The maximum absolute atomic E-state index is 14.6. The molecule has 2 aromatic rings. The lowest BCUT2D eigenvalue weighted by molar-refractivity contribution is -0.135. The second-order valence-electron chi connectivity index (χ2n) is 9.01. The van der Waals surface area contributed by atoms with Gasteiger partial charge in [-0.3, -0.25) is 4.79 Å². The minimum atomic E-state index is -1.40. The number of ether oxygens (including phenoxy) is 2. The van der Waals surface area contributed by atoms with E-state index in [-0.39, 0.29) is 31.7 Å². The van der Waals surface area contributed by atoms with Crippen LogP contribution in [0.5, 0.6) is 0 Å². The molecule has 0 saturated carbocycles. The average molecular weight is 474 g/mol. The van der Waals surface area contributed by atoms with Crippen molar-refractivity contribution in [1.29, 1.82) is 0 Å². The van der Waals surface area contributed by atoms with Crippen molar-refractivity contribution >= 4 is 23.5 Å². The van der Waals surface area contributed by atoms with E-state index in [1.807, 2.05) is 24.3 Å². The Morgan fingerprint density at radius 2 is 2.06 bits per heavy atom. The van der Waals surface area contributed by atoms with E-state index < -0.39 is 17.2 Å². The fraction of sp³-hybridized carbons (Fsp3) is 0.417. The Morgan fingerprint density at radius 1 is 1.33 bits per heavy atom. The molecule has 1 amide bonds. The molecule has 1 aromatic heterocycles. The SMILES string of the molecule is CC(C)(O)COCc1cccc(NC2=C(C(N)=O)CC(c3ccc(C4(F)COC4)cc3)S2)n1. The number of nitrogens with zero attached hydrogens (tertiary/aromatic N) is 1. The zero-order chi connectivity index (χ0) is 23.6. The molecule has 33 heavy (non-hydrogen) atoms. The van der Waals surface area contributed by atoms with Crippen molar-refractivity contribution in [1.82, 2.24) is 4.98 Å². The van der Waals surface area contributed by atoms with Gasteiger partial charge >= 0.3 is 0 Å². The van der Waals surface area contributed by atoms with E-state index in [1.165, 1.54) is 11.8 Å². The maximum Gasteiger partial charge on any atom is 0.247 e. The molecule has 4 N–H and O–H groups in total. The number of alkyl halides is 1. The lowest BCUT2D eigenvalue weighted by Gasteiger charge is -2.34. The highest BCUT2D eigenvalue weighted by atomic mass is 32.2. The molecule has 2 aliphatic heterocycles. The lowest BCUT2D eigenvalue weighted by atomic mass is 9.92. The van der Waals surface area contributed by atoms with Gasteiger partial charge in [0.1, 0.15) is 5.82 Å². The fourth-order valence-corrected chi connectivity index (χ4v) is 4.95. The number of nitrogens with one attached hydrogen (secondary N) is 1. The van der Waals surface area contributed by atoms with Crippen LogP contribution in [0.25, 0.3) is 0 Å². The number of pyridine rings is 1. The van der Waals surface area contributed by atoms with Crippen molar-refractivity contribution in [3.05, 3.63) is 69.9 Å². The molecule has 2 aliphatic rings. The number of carbonyl (C=O) groups excluding carboxylic acids is 1. The quantitative estimate of drug-likeness (QED) is 0.511. The first kappa shape index (κ1) is 23.7. The third kappa shape index (κ3) is 5.73. The highest BCUT2D eigenvalue weighted by Crippen LogP contribution is 2.48. The summed E-state index contributed by atoms with van der Waals surface area (Å²) >= 11 is 1.50. The van der Waals surface area contributed by atoms with Crippen LogP contribution in [-0.2, 0) is 26.5 Å². The van der Waals surface area contributed by atoms with Crippen LogP contribution in [0.2, 0.25) is 0 Å². The highest BCUT2D eigenvalue weighted by Gasteiger charge is 2.40. The predicted molar refractivity (Wildman–Crippen MR) is 125 cm³/mol. The minimum Gasteiger partial charge on any atom is -0.388 e. The van der Waals surface area contributed by atoms with Crippen molar-refractivity contribution in [2.45, 2.75) is 43.4 Å². The molecule has 1 unspecified atom stereocenters. The zero-order valence-electron chi connectivity index (χ0n) is 18.6. The number of primary amides is 1. The first-order valence-electron chi connectivity index (χ1n) is 10.7. The summed E-state index contributed by atoms with van der Waals surface area (Å²) in [4.78, 5) is 16.6. The van der Waals surface area contributed by atoms with Crippen LogP contribution in [0.3, 0.4) is 0 Å². The lowest BCUT2D eigenvalue weighted by Crippen LogP contribution is -2.42. The average Bonchev–Trinajstić information content (AvgIpc) is 3.15. The Morgan fingerprint density at radius 3 is 2.67 bits per heavy atom. The molecule has 0 spiro atoms. The predicted octanol–water partition coefficient (Wildman–Crippen LogP) is 3.55. The fourth-order valence-electron chi connectivity index (χ4n) is 3.63. The molecule has 0 radical (unpaired) electrons. The van der Waals surface area contributed by atoms with E-state index in [2.05, 4.69) is 10.3 Å². The second-order valence-corrected chi connectivity index (χ2v) is 10.2. The summed E-state index contributed by atoms with van der Waals surface area (Å²) in [6.07, 6.45) is 0.472. The number of carbonyl (C=O) groups is 1. The molecule has 1 saturated heterocycles. The smallest absolute Gasteiger partial charge is 0.247 e. The third-order valence-corrected chi connectivity index (χ3v) is 6.74. The Labute approximate surface area is 196 Å². The summed E-state index contributed by atoms with van der Waals surface area (Å²) < 4.78 is 25.1. The molecule has 4 rings (SSSR count). The van der Waals surface area contributed by atoms with Crippen molar-refractivity contribution in [3.8, 4) is 0 Å². The molecule has 7 nitrogen and oxygen atoms in total. The van der Waals surface area contributed by atoms with Crippen molar-refractivity contribution in [3.63, 3.8) is 0 Å². The van der Waals surface area contributed by atoms with E-state index in [0.717, 1.165) is 5.56 Å². The molecular formula is C24H28FN3O4S. The number of hydrogen-bond acceptors (Lipinski definition) is 7. The molecule has 176 valence electrons. The number of hydrogen-bond donors (Lipinski definition) is 3. The normalized spacial score (nSPS) is 19.9. The van der Waals surface area contributed by atoms with Gasteiger partial charge in [0.05, 0.1) is 42.8 Å². The van der Waals surface area contributed by atoms with E-state index >= 15 is 0 Å². The van der Waals surface area contributed by atoms with Gasteiger partial charge in [0, 0.05) is 10.8 Å². The molecule has 3 heterocycles. The Bertz CT molecular complexity index is 1050. The number of benzene rings is 1. The molecule has 1 aromatic carbocycles. The Balaban J connectivity index is 1.43. The van der Waals surface area contributed by atoms with Gasteiger partial charge in [0.25, 0.3) is 0 Å². The van der Waals surface area contributed by atoms with Gasteiger partial charge in [-0.2, -0.15) is 0 Å². The number of nitrogens with two attached hydrogens (primary N) is 1. The topological polar surface area (TPSA) is 107 Å². The number of amides is 1. The summed E-state index contributed by atoms with van der Waals surface area (Å²) in [5, 5.41) is 13.6. The van der Waals surface area contributed by atoms with Crippen LogP contribution in [0.4, 0.5) is 10.2 Å². The largest absolute Gasteiger partial charge is 0.388 e. The number of aliphatic hydroxyl groups is 1. The standard InChI is InChI=1S/C24H28FN3O4S/c1-23(2,30)12-31-11-17-4-3-5-20(27-17)28-22-18(21(26)29)10-19(33-22)15-6-8-16(9-7-15)24(25)13-32-14-24/h3-9,19,30H,10-14H2,1-2H3,(H2,26,29)(H,27,28). The second kappa shape index (κ2) is 9.42. The zero-order valence-corrected chi connectivity index (χ0v) is 19.5. The Kier molecular flexibility index (Phi) is 6.76. The van der Waals surface area contributed by atoms with E-state index in [0.29, 0.717) is 34.1 Å². The van der Waals surface area contributed by atoms with Crippen LogP contribution in [-0.4, -0.2) is 41.4 Å². The summed E-state index contributed by atoms with van der Waals surface area (Å²) in [6, 6.07) is 12.8. The van der Waals surface area contributed by atoms with Crippen LogP contribution < -0.4 is 11.1 Å². The highest BCUT2D eigenvalue weighted by molar-refractivity contribution is 8.03. The van der Waals surface area contributed by atoms with Crippen LogP contribution in [0.1, 0.15) is 42.3 Å². The van der Waals surface area contributed by atoms with Crippen molar-refractivity contribution < 1.29 is 23.8 Å². The molecule has 1 fully saturated rings. The van der Waals surface area contributed by atoms with E-state index in [4.69, 9.17) is 15.2 Å². The maximum atomic E-state index is 14.6. The number of thioether (sulfide) groups is 1. The number of aromatic nitrogens is 1. The monoisotopic (exact) mass is 473 g/mol.